The average Bonchev–Trinajstić information content (AvgIpc) is 3.36. The monoisotopic (exact) mass is 980 g/mol. The lowest BCUT2D eigenvalue weighted by Crippen LogP contribution is -2.45. The Morgan fingerprint density at radius 1 is 0.357 bits per heavy atom. The van der Waals surface area contributed by atoms with Crippen LogP contribution < -0.4 is 5.32 Å². The highest BCUT2D eigenvalue weighted by Crippen LogP contribution is 2.19. The van der Waals surface area contributed by atoms with Crippen molar-refractivity contribution < 1.29 is 15.0 Å². The van der Waals surface area contributed by atoms with Crippen LogP contribution in [0.4, 0.5) is 0 Å². The third-order valence-corrected chi connectivity index (χ3v) is 14.9. The summed E-state index contributed by atoms with van der Waals surface area (Å²) in [5, 5.41) is 23.4. The first kappa shape index (κ1) is 68.4. The van der Waals surface area contributed by atoms with Crippen molar-refractivity contribution in [1.29, 1.82) is 0 Å². The quantitative estimate of drug-likeness (QED) is 0.0420. The van der Waals surface area contributed by atoms with Gasteiger partial charge in [-0.15, -0.1) is 0 Å². The fourth-order valence-corrected chi connectivity index (χ4v) is 10.1. The van der Waals surface area contributed by atoms with Gasteiger partial charge in [-0.25, -0.2) is 0 Å². The van der Waals surface area contributed by atoms with Gasteiger partial charge in [0.15, 0.2) is 0 Å². The number of rotatable bonds is 59. The number of nitrogens with one attached hydrogen (secondary N) is 1. The average molecular weight is 981 g/mol. The largest absolute Gasteiger partial charge is 0.394 e. The van der Waals surface area contributed by atoms with Gasteiger partial charge in [0.2, 0.25) is 5.91 Å². The van der Waals surface area contributed by atoms with Gasteiger partial charge in [0.1, 0.15) is 0 Å². The van der Waals surface area contributed by atoms with Gasteiger partial charge >= 0.3 is 0 Å². The molecule has 0 saturated heterocycles. The van der Waals surface area contributed by atoms with E-state index >= 15 is 0 Å². The van der Waals surface area contributed by atoms with Gasteiger partial charge in [0.05, 0.1) is 18.8 Å². The van der Waals surface area contributed by atoms with Crippen LogP contribution in [0.1, 0.15) is 348 Å². The third-order valence-electron chi connectivity index (χ3n) is 14.9. The van der Waals surface area contributed by atoms with Crippen LogP contribution in [0.2, 0.25) is 0 Å². The molecule has 0 radical (unpaired) electrons. The molecule has 3 N–H and O–H groups in total. The number of hydrogen-bond acceptors (Lipinski definition) is 3. The molecule has 0 spiro atoms. The maximum Gasteiger partial charge on any atom is 0.220 e. The molecule has 0 heterocycles. The van der Waals surface area contributed by atoms with Crippen LogP contribution in [0, 0.1) is 0 Å². The fourth-order valence-electron chi connectivity index (χ4n) is 10.1. The zero-order valence-corrected chi connectivity index (χ0v) is 47.6. The summed E-state index contributed by atoms with van der Waals surface area (Å²) in [6.07, 6.45) is 85.6. The highest BCUT2D eigenvalue weighted by atomic mass is 16.3. The van der Waals surface area contributed by atoms with E-state index in [9.17, 15) is 15.0 Å². The Morgan fingerprint density at radius 2 is 0.629 bits per heavy atom. The number of aliphatic hydroxyl groups is 2. The summed E-state index contributed by atoms with van der Waals surface area (Å²) < 4.78 is 0. The van der Waals surface area contributed by atoms with E-state index < -0.39 is 12.1 Å². The maximum absolute atomic E-state index is 12.5. The van der Waals surface area contributed by atoms with Crippen LogP contribution in [0.25, 0.3) is 0 Å². The van der Waals surface area contributed by atoms with Crippen LogP contribution in [-0.2, 0) is 4.79 Å². The minimum Gasteiger partial charge on any atom is -0.394 e. The molecule has 0 aromatic carbocycles. The molecule has 0 rings (SSSR count). The van der Waals surface area contributed by atoms with Crippen LogP contribution >= 0.6 is 0 Å². The molecule has 0 aromatic rings. The smallest absolute Gasteiger partial charge is 0.220 e. The normalized spacial score (nSPS) is 13.0. The molecule has 0 saturated carbocycles. The van der Waals surface area contributed by atoms with Gasteiger partial charge in [0.25, 0.3) is 0 Å². The molecule has 4 heteroatoms. The maximum atomic E-state index is 12.5. The Kier molecular flexibility index (Phi) is 60.2. The first-order chi connectivity index (χ1) is 34.7. The number of unbranched alkanes of at least 4 members (excludes halogenated alkanes) is 44. The number of amides is 1. The minimum absolute atomic E-state index is 0.0247. The molecule has 0 fully saturated rings. The van der Waals surface area contributed by atoms with E-state index in [0.29, 0.717) is 12.8 Å². The highest BCUT2D eigenvalue weighted by Gasteiger charge is 2.20. The Hall–Kier alpha value is -1.65. The van der Waals surface area contributed by atoms with Gasteiger partial charge in [0, 0.05) is 6.42 Å². The number of hydrogen-bond donors (Lipinski definition) is 3. The van der Waals surface area contributed by atoms with Gasteiger partial charge in [-0.3, -0.25) is 4.79 Å². The minimum atomic E-state index is -0.660. The van der Waals surface area contributed by atoms with Gasteiger partial charge in [-0.05, 0) is 51.4 Å². The molecule has 0 aliphatic heterocycles. The van der Waals surface area contributed by atoms with E-state index in [1.165, 1.54) is 270 Å². The zero-order chi connectivity index (χ0) is 50.6. The van der Waals surface area contributed by atoms with Crippen molar-refractivity contribution >= 4 is 5.91 Å². The van der Waals surface area contributed by atoms with E-state index in [4.69, 9.17) is 0 Å². The summed E-state index contributed by atoms with van der Waals surface area (Å²) in [5.41, 5.74) is 0. The molecule has 0 aliphatic rings. The van der Waals surface area contributed by atoms with Crippen molar-refractivity contribution in [3.8, 4) is 0 Å². The van der Waals surface area contributed by atoms with Crippen molar-refractivity contribution in [3.63, 3.8) is 0 Å². The molecule has 0 aliphatic carbocycles. The Morgan fingerprint density at radius 3 is 0.943 bits per heavy atom. The Balaban J connectivity index is 3.41. The molecule has 4 nitrogen and oxygen atoms in total. The van der Waals surface area contributed by atoms with Crippen molar-refractivity contribution in [3.05, 3.63) is 48.6 Å². The standard InChI is InChI=1S/C66H125NO3/c1-3-5-7-9-11-13-15-17-19-21-23-25-27-29-30-31-32-33-34-35-36-38-40-42-44-46-48-50-52-54-56-58-60-62-66(70)67-64(63-68)65(69)61-59-57-55-53-51-49-47-45-43-41-39-37-28-26-24-22-20-18-16-14-12-10-8-6-4-2/h5,7,11,13,17,19,23,25,64-65,68-69H,3-4,6,8-10,12,14-16,18,20-22,24,26-63H2,1-2H3,(H,67,70)/b7-5-,13-11-,19-17-,25-23-. The number of allylic oxidation sites excluding steroid dienone is 8. The summed E-state index contributed by atoms with van der Waals surface area (Å²) in [7, 11) is 0. The number of aliphatic hydroxyl groups excluding tert-OH is 2. The lowest BCUT2D eigenvalue weighted by molar-refractivity contribution is -0.123. The molecule has 2 unspecified atom stereocenters. The summed E-state index contributed by atoms with van der Waals surface area (Å²) in [5.74, 6) is -0.0247. The van der Waals surface area contributed by atoms with E-state index in [-0.39, 0.29) is 12.5 Å². The van der Waals surface area contributed by atoms with Crippen LogP contribution in [0.5, 0.6) is 0 Å². The van der Waals surface area contributed by atoms with Gasteiger partial charge in [-0.1, -0.05) is 339 Å². The van der Waals surface area contributed by atoms with Crippen LogP contribution in [0.15, 0.2) is 48.6 Å². The Labute approximate surface area is 439 Å². The van der Waals surface area contributed by atoms with Crippen molar-refractivity contribution in [1.82, 2.24) is 5.32 Å². The highest BCUT2D eigenvalue weighted by molar-refractivity contribution is 5.76. The van der Waals surface area contributed by atoms with Gasteiger partial charge < -0.3 is 15.5 Å². The second-order valence-corrected chi connectivity index (χ2v) is 21.8. The van der Waals surface area contributed by atoms with E-state index in [2.05, 4.69) is 67.8 Å². The number of carbonyl (C=O) groups is 1. The lowest BCUT2D eigenvalue weighted by Gasteiger charge is -2.22. The van der Waals surface area contributed by atoms with Crippen molar-refractivity contribution in [2.75, 3.05) is 6.61 Å². The number of carbonyl (C=O) groups excluding carboxylic acids is 1. The molecular weight excluding hydrogens is 855 g/mol. The summed E-state index contributed by atoms with van der Waals surface area (Å²) in [4.78, 5) is 12.5. The molecule has 412 valence electrons. The molecule has 70 heavy (non-hydrogen) atoms. The summed E-state index contributed by atoms with van der Waals surface area (Å²) in [6.45, 7) is 4.28. The fraction of sp³-hybridized carbons (Fsp3) is 0.864. The van der Waals surface area contributed by atoms with E-state index in [1.807, 2.05) is 0 Å². The SMILES string of the molecule is CC/C=C\C/C=C\C/C=C\C/C=C\CCCCCCCCCCCCCCCCCCCCCCC(=O)NC(CO)C(O)CCCCCCCCCCCCCCCCCCCCCCCCCCC. The molecule has 0 aromatic heterocycles. The molecule has 2 atom stereocenters. The van der Waals surface area contributed by atoms with Crippen molar-refractivity contribution in [2.45, 2.75) is 360 Å². The van der Waals surface area contributed by atoms with E-state index in [0.717, 1.165) is 51.4 Å². The van der Waals surface area contributed by atoms with Crippen molar-refractivity contribution in [2.24, 2.45) is 0 Å². The van der Waals surface area contributed by atoms with Gasteiger partial charge in [-0.2, -0.15) is 0 Å². The Bertz CT molecular complexity index is 1110. The predicted octanol–water partition coefficient (Wildman–Crippen LogP) is 21.4. The summed E-state index contributed by atoms with van der Waals surface area (Å²) >= 11 is 0. The third kappa shape index (κ3) is 57.3. The second kappa shape index (κ2) is 61.6. The lowest BCUT2D eigenvalue weighted by atomic mass is 10.0. The molecule has 0 bridgehead atoms. The van der Waals surface area contributed by atoms with Crippen LogP contribution in [0.3, 0.4) is 0 Å². The summed E-state index contributed by atoms with van der Waals surface area (Å²) in [6, 6.07) is -0.537. The second-order valence-electron chi connectivity index (χ2n) is 21.8. The zero-order valence-electron chi connectivity index (χ0n) is 47.6. The molecular formula is C66H125NO3. The first-order valence-corrected chi connectivity index (χ1v) is 31.8. The first-order valence-electron chi connectivity index (χ1n) is 31.8. The molecule has 1 amide bonds. The predicted molar refractivity (Wildman–Crippen MR) is 313 cm³/mol. The van der Waals surface area contributed by atoms with Crippen LogP contribution in [-0.4, -0.2) is 34.9 Å². The topological polar surface area (TPSA) is 69.6 Å². The van der Waals surface area contributed by atoms with E-state index in [1.54, 1.807) is 0 Å².